The molecule has 1 N–H and O–H groups in total. The summed E-state index contributed by atoms with van der Waals surface area (Å²) in [6.07, 6.45) is 0. The number of carbonyl (C=O) groups excluding carboxylic acids is 1. The van der Waals surface area contributed by atoms with Gasteiger partial charge in [-0.05, 0) is 48.9 Å². The Morgan fingerprint density at radius 3 is 2.41 bits per heavy atom. The van der Waals surface area contributed by atoms with Crippen molar-refractivity contribution in [1.29, 1.82) is 0 Å². The van der Waals surface area contributed by atoms with Gasteiger partial charge >= 0.3 is 0 Å². The van der Waals surface area contributed by atoms with Crippen molar-refractivity contribution < 1.29 is 9.18 Å². The summed E-state index contributed by atoms with van der Waals surface area (Å²) in [7, 11) is 0. The standard InChI is InChI=1S/C29H30FN5O2/c1-21-29(37)35(27-9-5-3-7-25(27)32-21)20-22-10-12-23(13-11-22)28(36)31-14-15-33-16-18-34(19-17-33)26-8-4-2-6-24(26)30/h2-13H,14-20H2,1H3,(H,31,36). The van der Waals surface area contributed by atoms with Crippen LogP contribution in [-0.4, -0.2) is 59.6 Å². The Hall–Kier alpha value is -4.04. The highest BCUT2D eigenvalue weighted by Gasteiger charge is 2.19. The number of anilines is 1. The van der Waals surface area contributed by atoms with E-state index >= 15 is 0 Å². The third kappa shape index (κ3) is 5.54. The number of carbonyl (C=O) groups is 1. The fourth-order valence-corrected chi connectivity index (χ4v) is 4.77. The largest absolute Gasteiger partial charge is 0.367 e. The molecule has 3 aromatic carbocycles. The maximum atomic E-state index is 14.0. The molecular formula is C29H30FN5O2. The summed E-state index contributed by atoms with van der Waals surface area (Å²) in [5.41, 5.74) is 4.08. The molecule has 0 bridgehead atoms. The van der Waals surface area contributed by atoms with Crippen LogP contribution in [0.4, 0.5) is 10.1 Å². The SMILES string of the molecule is Cc1nc2ccccc2n(Cc2ccc(C(=O)NCCN3CCN(c4ccccc4F)CC3)cc2)c1=O. The normalized spacial score (nSPS) is 14.2. The zero-order valence-electron chi connectivity index (χ0n) is 20.9. The van der Waals surface area contributed by atoms with Gasteiger partial charge in [0.2, 0.25) is 0 Å². The molecule has 1 amide bonds. The number of nitrogens with one attached hydrogen (secondary N) is 1. The van der Waals surface area contributed by atoms with Crippen LogP contribution in [0.3, 0.4) is 0 Å². The number of halogens is 1. The van der Waals surface area contributed by atoms with E-state index in [4.69, 9.17) is 0 Å². The fourth-order valence-electron chi connectivity index (χ4n) is 4.77. The van der Waals surface area contributed by atoms with E-state index in [2.05, 4.69) is 20.1 Å². The van der Waals surface area contributed by atoms with Crippen LogP contribution >= 0.6 is 0 Å². The molecular weight excluding hydrogens is 469 g/mol. The Bertz CT molecular complexity index is 1460. The van der Waals surface area contributed by atoms with E-state index in [9.17, 15) is 14.0 Å². The minimum atomic E-state index is -0.189. The van der Waals surface area contributed by atoms with E-state index in [1.165, 1.54) is 6.07 Å². The Morgan fingerprint density at radius 1 is 0.946 bits per heavy atom. The first-order valence-corrected chi connectivity index (χ1v) is 12.5. The minimum Gasteiger partial charge on any atom is -0.367 e. The molecule has 1 aliphatic rings. The molecule has 1 fully saturated rings. The lowest BCUT2D eigenvalue weighted by atomic mass is 10.1. The maximum absolute atomic E-state index is 14.0. The number of hydrogen-bond acceptors (Lipinski definition) is 5. The van der Waals surface area contributed by atoms with E-state index in [-0.39, 0.29) is 17.3 Å². The molecule has 2 heterocycles. The highest BCUT2D eigenvalue weighted by atomic mass is 19.1. The van der Waals surface area contributed by atoms with Crippen LogP contribution in [-0.2, 0) is 6.54 Å². The summed E-state index contributed by atoms with van der Waals surface area (Å²) in [4.78, 5) is 34.1. The fraction of sp³-hybridized carbons (Fsp3) is 0.276. The molecule has 0 saturated carbocycles. The second-order valence-electron chi connectivity index (χ2n) is 9.31. The van der Waals surface area contributed by atoms with Crippen molar-refractivity contribution in [3.8, 4) is 0 Å². The third-order valence-corrected chi connectivity index (χ3v) is 6.85. The van der Waals surface area contributed by atoms with E-state index in [0.29, 0.717) is 30.0 Å². The molecule has 7 nitrogen and oxygen atoms in total. The van der Waals surface area contributed by atoms with E-state index in [0.717, 1.165) is 49.3 Å². The van der Waals surface area contributed by atoms with Crippen molar-refractivity contribution in [2.45, 2.75) is 13.5 Å². The van der Waals surface area contributed by atoms with Gasteiger partial charge in [-0.2, -0.15) is 0 Å². The predicted octanol–water partition coefficient (Wildman–Crippen LogP) is 3.44. The van der Waals surface area contributed by atoms with Crippen molar-refractivity contribution >= 4 is 22.6 Å². The summed E-state index contributed by atoms with van der Waals surface area (Å²) in [5.74, 6) is -0.315. The van der Waals surface area contributed by atoms with Gasteiger partial charge in [-0.15, -0.1) is 0 Å². The van der Waals surface area contributed by atoms with Gasteiger partial charge in [-0.1, -0.05) is 36.4 Å². The number of aryl methyl sites for hydroxylation is 1. The number of aromatic nitrogens is 2. The lowest BCUT2D eigenvalue weighted by molar-refractivity contribution is 0.0947. The van der Waals surface area contributed by atoms with Crippen LogP contribution < -0.4 is 15.8 Å². The Morgan fingerprint density at radius 2 is 1.65 bits per heavy atom. The Kier molecular flexibility index (Phi) is 7.28. The van der Waals surface area contributed by atoms with Crippen molar-refractivity contribution in [3.63, 3.8) is 0 Å². The van der Waals surface area contributed by atoms with Crippen molar-refractivity contribution in [2.75, 3.05) is 44.2 Å². The topological polar surface area (TPSA) is 70.5 Å². The average molecular weight is 500 g/mol. The number of rotatable bonds is 7. The molecule has 0 atom stereocenters. The van der Waals surface area contributed by atoms with Gasteiger partial charge in [0.25, 0.3) is 11.5 Å². The number of fused-ring (bicyclic) bond motifs is 1. The van der Waals surface area contributed by atoms with E-state index in [1.807, 2.05) is 48.5 Å². The molecule has 0 spiro atoms. The lowest BCUT2D eigenvalue weighted by Crippen LogP contribution is -2.48. The second-order valence-corrected chi connectivity index (χ2v) is 9.31. The molecule has 1 aromatic heterocycles. The molecule has 0 unspecified atom stereocenters. The van der Waals surface area contributed by atoms with Gasteiger partial charge < -0.3 is 14.8 Å². The summed E-state index contributed by atoms with van der Waals surface area (Å²) in [5, 5.41) is 2.99. The second kappa shape index (κ2) is 10.9. The zero-order valence-corrected chi connectivity index (χ0v) is 20.9. The lowest BCUT2D eigenvalue weighted by Gasteiger charge is -2.36. The number of nitrogens with zero attached hydrogens (tertiary/aromatic N) is 4. The minimum absolute atomic E-state index is 0.116. The van der Waals surface area contributed by atoms with Gasteiger partial charge in [0.15, 0.2) is 0 Å². The van der Waals surface area contributed by atoms with E-state index in [1.54, 1.807) is 29.7 Å². The highest BCUT2D eigenvalue weighted by Crippen LogP contribution is 2.20. The first-order valence-electron chi connectivity index (χ1n) is 12.5. The molecule has 8 heteroatoms. The Balaban J connectivity index is 1.13. The van der Waals surface area contributed by atoms with Crippen molar-refractivity contribution in [2.24, 2.45) is 0 Å². The third-order valence-electron chi connectivity index (χ3n) is 6.85. The quantitative estimate of drug-likeness (QED) is 0.422. The first-order chi connectivity index (χ1) is 18.0. The number of amides is 1. The molecule has 190 valence electrons. The summed E-state index contributed by atoms with van der Waals surface area (Å²) >= 11 is 0. The van der Waals surface area contributed by atoms with Gasteiger partial charge in [-0.3, -0.25) is 14.5 Å². The van der Waals surface area contributed by atoms with Crippen molar-refractivity contribution in [1.82, 2.24) is 19.8 Å². The molecule has 5 rings (SSSR count). The number of piperazine rings is 1. The highest BCUT2D eigenvalue weighted by molar-refractivity contribution is 5.94. The number of hydrogen-bond donors (Lipinski definition) is 1. The van der Waals surface area contributed by atoms with E-state index < -0.39 is 0 Å². The van der Waals surface area contributed by atoms with Crippen LogP contribution in [0.5, 0.6) is 0 Å². The molecule has 1 saturated heterocycles. The monoisotopic (exact) mass is 499 g/mol. The summed E-state index contributed by atoms with van der Waals surface area (Å²) < 4.78 is 15.8. The van der Waals surface area contributed by atoms with Gasteiger partial charge in [-0.25, -0.2) is 9.37 Å². The smallest absolute Gasteiger partial charge is 0.272 e. The molecule has 37 heavy (non-hydrogen) atoms. The van der Waals surface area contributed by atoms with Gasteiger partial charge in [0.1, 0.15) is 11.5 Å². The summed E-state index contributed by atoms with van der Waals surface area (Å²) in [6, 6.07) is 21.8. The Labute approximate surface area is 215 Å². The first kappa shape index (κ1) is 24.6. The van der Waals surface area contributed by atoms with Gasteiger partial charge in [0.05, 0.1) is 23.3 Å². The number of para-hydroxylation sites is 3. The predicted molar refractivity (Wildman–Crippen MR) is 144 cm³/mol. The molecule has 0 radical (unpaired) electrons. The summed E-state index contributed by atoms with van der Waals surface area (Å²) in [6.45, 7) is 6.57. The molecule has 4 aromatic rings. The van der Waals surface area contributed by atoms with Crippen LogP contribution in [0.2, 0.25) is 0 Å². The van der Waals surface area contributed by atoms with Crippen LogP contribution in [0.15, 0.2) is 77.6 Å². The van der Waals surface area contributed by atoms with Crippen LogP contribution in [0.25, 0.3) is 11.0 Å². The number of benzene rings is 3. The average Bonchev–Trinajstić information content (AvgIpc) is 2.92. The maximum Gasteiger partial charge on any atom is 0.272 e. The van der Waals surface area contributed by atoms with Gasteiger partial charge in [0, 0.05) is 44.8 Å². The molecule has 1 aliphatic heterocycles. The molecule has 0 aliphatic carbocycles. The van der Waals surface area contributed by atoms with Crippen LogP contribution in [0.1, 0.15) is 21.6 Å². The zero-order chi connectivity index (χ0) is 25.8. The van der Waals surface area contributed by atoms with Crippen LogP contribution in [0, 0.1) is 12.7 Å². The van der Waals surface area contributed by atoms with Crippen molar-refractivity contribution in [3.05, 3.63) is 106 Å².